The number of nitrogens with zero attached hydrogens (tertiary/aromatic N) is 2. The average molecular weight is 359 g/mol. The van der Waals surface area contributed by atoms with E-state index in [-0.39, 0.29) is 0 Å². The zero-order valence-electron chi connectivity index (χ0n) is 12.8. The number of rotatable bonds is 6. The van der Waals surface area contributed by atoms with Gasteiger partial charge in [0.1, 0.15) is 5.82 Å². The van der Waals surface area contributed by atoms with Crippen LogP contribution < -0.4 is 10.6 Å². The minimum atomic E-state index is 0.462. The maximum Gasteiger partial charge on any atom is 0.229 e. The second-order valence-corrected chi connectivity index (χ2v) is 6.02. The third kappa shape index (κ3) is 4.60. The number of nitrogens with one attached hydrogen (secondary N) is 2. The Kier molecular flexibility index (Phi) is 5.51. The average Bonchev–Trinajstić information content (AvgIpc) is 2.60. The van der Waals surface area contributed by atoms with Crippen molar-refractivity contribution in [1.29, 1.82) is 0 Å². The summed E-state index contributed by atoms with van der Waals surface area (Å²) in [6.07, 6.45) is 2.62. The van der Waals surface area contributed by atoms with Gasteiger partial charge in [0.2, 0.25) is 5.95 Å². The van der Waals surface area contributed by atoms with Gasteiger partial charge in [0.15, 0.2) is 0 Å². The van der Waals surface area contributed by atoms with E-state index >= 15 is 0 Å². The Balaban J connectivity index is 1.62. The van der Waals surface area contributed by atoms with E-state index in [2.05, 4.69) is 32.7 Å². The van der Waals surface area contributed by atoms with Crippen molar-refractivity contribution in [2.45, 2.75) is 6.42 Å². The maximum absolute atomic E-state index is 6.15. The summed E-state index contributed by atoms with van der Waals surface area (Å²) in [5, 5.41) is 7.53. The van der Waals surface area contributed by atoms with Crippen LogP contribution in [0.25, 0.3) is 0 Å². The van der Waals surface area contributed by atoms with E-state index < -0.39 is 0 Å². The van der Waals surface area contributed by atoms with Crippen molar-refractivity contribution in [2.24, 2.45) is 0 Å². The van der Waals surface area contributed by atoms with Gasteiger partial charge in [0, 0.05) is 17.8 Å². The molecule has 1 heterocycles. The largest absolute Gasteiger partial charge is 0.370 e. The van der Waals surface area contributed by atoms with E-state index in [4.69, 9.17) is 23.2 Å². The van der Waals surface area contributed by atoms with Crippen molar-refractivity contribution in [2.75, 3.05) is 17.2 Å². The Bertz CT molecular complexity index is 809. The van der Waals surface area contributed by atoms with Crippen LogP contribution in [0.15, 0.2) is 60.8 Å². The van der Waals surface area contributed by atoms with Crippen LogP contribution in [0.3, 0.4) is 0 Å². The molecule has 0 saturated carbocycles. The molecule has 2 N–H and O–H groups in total. The van der Waals surface area contributed by atoms with Crippen LogP contribution in [0.5, 0.6) is 0 Å². The molecule has 0 aliphatic rings. The fraction of sp³-hybridized carbons (Fsp3) is 0.111. The van der Waals surface area contributed by atoms with Gasteiger partial charge in [0.05, 0.1) is 10.7 Å². The molecular weight excluding hydrogens is 343 g/mol. The molecule has 0 unspecified atom stereocenters. The summed E-state index contributed by atoms with van der Waals surface area (Å²) in [5.41, 5.74) is 1.95. The summed E-state index contributed by atoms with van der Waals surface area (Å²) < 4.78 is 0. The molecule has 2 aromatic carbocycles. The SMILES string of the molecule is Clc1ccc(Cl)c(Nc2nccc(NCCc3ccccc3)n2)c1. The van der Waals surface area contributed by atoms with Crippen molar-refractivity contribution in [3.63, 3.8) is 0 Å². The van der Waals surface area contributed by atoms with Crippen LogP contribution in [-0.4, -0.2) is 16.5 Å². The predicted molar refractivity (Wildman–Crippen MR) is 100 cm³/mol. The molecule has 0 saturated heterocycles. The molecule has 3 rings (SSSR count). The molecule has 24 heavy (non-hydrogen) atoms. The molecule has 0 fully saturated rings. The molecule has 1 aromatic heterocycles. The van der Waals surface area contributed by atoms with Gasteiger partial charge in [-0.3, -0.25) is 0 Å². The maximum atomic E-state index is 6.15. The highest BCUT2D eigenvalue weighted by molar-refractivity contribution is 6.35. The summed E-state index contributed by atoms with van der Waals surface area (Å²) in [6.45, 7) is 0.790. The van der Waals surface area contributed by atoms with Gasteiger partial charge >= 0.3 is 0 Å². The van der Waals surface area contributed by atoms with Gasteiger partial charge in [-0.1, -0.05) is 53.5 Å². The van der Waals surface area contributed by atoms with E-state index in [1.165, 1.54) is 5.56 Å². The van der Waals surface area contributed by atoms with E-state index in [9.17, 15) is 0 Å². The monoisotopic (exact) mass is 358 g/mol. The highest BCUT2D eigenvalue weighted by atomic mass is 35.5. The number of hydrogen-bond donors (Lipinski definition) is 2. The van der Waals surface area contributed by atoms with E-state index in [1.807, 2.05) is 24.3 Å². The fourth-order valence-corrected chi connectivity index (χ4v) is 2.55. The lowest BCUT2D eigenvalue weighted by Gasteiger charge is -2.10. The molecule has 4 nitrogen and oxygen atoms in total. The van der Waals surface area contributed by atoms with Crippen molar-refractivity contribution < 1.29 is 0 Å². The number of hydrogen-bond acceptors (Lipinski definition) is 4. The molecule has 0 atom stereocenters. The first kappa shape index (κ1) is 16.6. The van der Waals surface area contributed by atoms with Crippen molar-refractivity contribution in [3.05, 3.63) is 76.4 Å². The van der Waals surface area contributed by atoms with Crippen molar-refractivity contribution in [1.82, 2.24) is 9.97 Å². The van der Waals surface area contributed by atoms with Gasteiger partial charge in [-0.05, 0) is 36.2 Å². The quantitative estimate of drug-likeness (QED) is 0.637. The molecule has 0 amide bonds. The first-order valence-corrected chi connectivity index (χ1v) is 8.29. The number of benzene rings is 2. The standard InChI is InChI=1S/C18H16Cl2N4/c19-14-6-7-15(20)16(12-14)23-18-22-11-9-17(24-18)21-10-8-13-4-2-1-3-5-13/h1-7,9,11-12H,8,10H2,(H2,21,22,23,24). The minimum absolute atomic E-state index is 0.462. The van der Waals surface area contributed by atoms with Crippen LogP contribution in [0.2, 0.25) is 10.0 Å². The first-order chi connectivity index (χ1) is 11.7. The second-order valence-electron chi connectivity index (χ2n) is 5.18. The molecule has 0 bridgehead atoms. The summed E-state index contributed by atoms with van der Waals surface area (Å²) in [6, 6.07) is 17.3. The van der Waals surface area contributed by atoms with Crippen LogP contribution >= 0.6 is 23.2 Å². The summed E-state index contributed by atoms with van der Waals surface area (Å²) >= 11 is 12.1. The molecule has 0 aliphatic heterocycles. The number of anilines is 3. The van der Waals surface area contributed by atoms with Crippen molar-refractivity contribution in [3.8, 4) is 0 Å². The Morgan fingerprint density at radius 2 is 1.79 bits per heavy atom. The fourth-order valence-electron chi connectivity index (χ4n) is 2.21. The molecule has 3 aromatic rings. The lowest BCUT2D eigenvalue weighted by Crippen LogP contribution is -2.07. The normalized spacial score (nSPS) is 10.4. The van der Waals surface area contributed by atoms with E-state index in [1.54, 1.807) is 24.4 Å². The Morgan fingerprint density at radius 3 is 2.62 bits per heavy atom. The van der Waals surface area contributed by atoms with E-state index in [0.29, 0.717) is 21.7 Å². The lowest BCUT2D eigenvalue weighted by atomic mass is 10.1. The van der Waals surface area contributed by atoms with Crippen molar-refractivity contribution >= 4 is 40.7 Å². The van der Waals surface area contributed by atoms with E-state index in [0.717, 1.165) is 18.8 Å². The topological polar surface area (TPSA) is 49.8 Å². The lowest BCUT2D eigenvalue weighted by molar-refractivity contribution is 1.00. The van der Waals surface area contributed by atoms with Gasteiger partial charge in [-0.2, -0.15) is 4.98 Å². The van der Waals surface area contributed by atoms with Gasteiger partial charge in [-0.15, -0.1) is 0 Å². The van der Waals surface area contributed by atoms with Crippen LogP contribution in [-0.2, 0) is 6.42 Å². The van der Waals surface area contributed by atoms with Gasteiger partial charge in [0.25, 0.3) is 0 Å². The van der Waals surface area contributed by atoms with Crippen LogP contribution in [0, 0.1) is 0 Å². The molecule has 6 heteroatoms. The molecule has 0 radical (unpaired) electrons. The zero-order chi connectivity index (χ0) is 16.8. The Morgan fingerprint density at radius 1 is 0.958 bits per heavy atom. The predicted octanol–water partition coefficient (Wildman–Crippen LogP) is 5.18. The number of halogens is 2. The van der Waals surface area contributed by atoms with Crippen LogP contribution in [0.4, 0.5) is 17.5 Å². The second kappa shape index (κ2) is 7.99. The highest BCUT2D eigenvalue weighted by Gasteiger charge is 2.05. The Labute approximate surface area is 150 Å². The van der Waals surface area contributed by atoms with Gasteiger partial charge in [-0.25, -0.2) is 4.98 Å². The van der Waals surface area contributed by atoms with Gasteiger partial charge < -0.3 is 10.6 Å². The van der Waals surface area contributed by atoms with Crippen LogP contribution in [0.1, 0.15) is 5.56 Å². The minimum Gasteiger partial charge on any atom is -0.370 e. The summed E-state index contributed by atoms with van der Waals surface area (Å²) in [4.78, 5) is 8.64. The first-order valence-electron chi connectivity index (χ1n) is 7.53. The summed E-state index contributed by atoms with van der Waals surface area (Å²) in [5.74, 6) is 1.21. The number of aromatic nitrogens is 2. The summed E-state index contributed by atoms with van der Waals surface area (Å²) in [7, 11) is 0. The molecule has 0 aliphatic carbocycles. The smallest absolute Gasteiger partial charge is 0.229 e. The molecule has 0 spiro atoms. The highest BCUT2D eigenvalue weighted by Crippen LogP contribution is 2.27. The zero-order valence-corrected chi connectivity index (χ0v) is 14.3. The Hall–Kier alpha value is -2.30. The third-order valence-electron chi connectivity index (χ3n) is 3.39. The third-order valence-corrected chi connectivity index (χ3v) is 3.96. The molecular formula is C18H16Cl2N4. The molecule has 122 valence electrons.